The second-order valence-electron chi connectivity index (χ2n) is 7.60. The summed E-state index contributed by atoms with van der Waals surface area (Å²) in [6.45, 7) is 3.11. The van der Waals surface area contributed by atoms with Gasteiger partial charge in [0, 0.05) is 30.1 Å². The van der Waals surface area contributed by atoms with Crippen molar-refractivity contribution in [3.63, 3.8) is 0 Å². The van der Waals surface area contributed by atoms with E-state index in [1.165, 1.54) is 0 Å². The third-order valence-electron chi connectivity index (χ3n) is 5.47. The van der Waals surface area contributed by atoms with Gasteiger partial charge in [-0.05, 0) is 30.9 Å². The zero-order chi connectivity index (χ0) is 21.6. The third-order valence-corrected chi connectivity index (χ3v) is 5.47. The van der Waals surface area contributed by atoms with Gasteiger partial charge in [-0.25, -0.2) is 9.97 Å². The molecule has 0 radical (unpaired) electrons. The number of rotatable bonds is 6. The fraction of sp³-hybridized carbons (Fsp3) is 0.280. The molecule has 1 atom stereocenters. The number of likely N-dealkylation sites (tertiary alicyclic amines) is 1. The van der Waals surface area contributed by atoms with Gasteiger partial charge in [0.2, 0.25) is 0 Å². The predicted octanol–water partition coefficient (Wildman–Crippen LogP) is 3.95. The van der Waals surface area contributed by atoms with Crippen LogP contribution in [0.3, 0.4) is 0 Å². The highest BCUT2D eigenvalue weighted by Gasteiger charge is 2.28. The van der Waals surface area contributed by atoms with Gasteiger partial charge in [-0.2, -0.15) is 0 Å². The molecule has 158 valence electrons. The Hall–Kier alpha value is -3.54. The maximum Gasteiger partial charge on any atom is 0.316 e. The molecule has 0 N–H and O–H groups in total. The lowest BCUT2D eigenvalue weighted by Gasteiger charge is -2.32. The minimum Gasteiger partial charge on any atom is -0.458 e. The lowest BCUT2D eigenvalue weighted by atomic mass is 9.97. The predicted molar refractivity (Wildman–Crippen MR) is 117 cm³/mol. The van der Waals surface area contributed by atoms with Crippen molar-refractivity contribution in [2.24, 2.45) is 0 Å². The van der Waals surface area contributed by atoms with Crippen LogP contribution in [0.1, 0.15) is 51.6 Å². The summed E-state index contributed by atoms with van der Waals surface area (Å²) in [5.41, 5.74) is 2.45. The van der Waals surface area contributed by atoms with E-state index in [4.69, 9.17) is 4.74 Å². The summed E-state index contributed by atoms with van der Waals surface area (Å²) in [5.74, 6) is -0.311. The molecule has 1 unspecified atom stereocenters. The summed E-state index contributed by atoms with van der Waals surface area (Å²) in [6.07, 6.45) is 5.86. The number of nitrogens with zero attached hydrogens (tertiary/aromatic N) is 3. The van der Waals surface area contributed by atoms with E-state index in [9.17, 15) is 9.59 Å². The molecule has 1 fully saturated rings. The number of carbonyl (C=O) groups excluding carboxylic acids is 2. The molecule has 1 aromatic heterocycles. The summed E-state index contributed by atoms with van der Waals surface area (Å²) >= 11 is 0. The van der Waals surface area contributed by atoms with E-state index in [1.807, 2.05) is 25.1 Å². The van der Waals surface area contributed by atoms with Gasteiger partial charge in [0.05, 0.1) is 12.1 Å². The largest absolute Gasteiger partial charge is 0.458 e. The van der Waals surface area contributed by atoms with Crippen molar-refractivity contribution in [3.8, 4) is 6.01 Å². The van der Waals surface area contributed by atoms with E-state index in [-0.39, 0.29) is 17.8 Å². The minimum absolute atomic E-state index is 0.154. The average Bonchev–Trinajstić information content (AvgIpc) is 2.84. The standard InChI is InChI=1S/C25H25N3O3/c1-2-18-15-26-25(27-16-18)31-20-11-8-14-28(17-20)24(30)22-13-7-6-12-21(22)23(29)19-9-4-3-5-10-19/h3-7,9-10,12-13,15-16,20H,2,8,11,14,17H2,1H3. The molecule has 0 saturated carbocycles. The van der Waals surface area contributed by atoms with Crippen LogP contribution >= 0.6 is 0 Å². The van der Waals surface area contributed by atoms with Gasteiger partial charge < -0.3 is 9.64 Å². The lowest BCUT2D eigenvalue weighted by molar-refractivity contribution is 0.0514. The second kappa shape index (κ2) is 9.51. The number of hydrogen-bond acceptors (Lipinski definition) is 5. The number of ether oxygens (including phenoxy) is 1. The van der Waals surface area contributed by atoms with Gasteiger partial charge in [-0.15, -0.1) is 0 Å². The van der Waals surface area contributed by atoms with E-state index in [0.29, 0.717) is 35.8 Å². The van der Waals surface area contributed by atoms with Crippen LogP contribution in [0.2, 0.25) is 0 Å². The van der Waals surface area contributed by atoms with Gasteiger partial charge in [-0.1, -0.05) is 55.5 Å². The number of carbonyl (C=O) groups is 2. The monoisotopic (exact) mass is 415 g/mol. The van der Waals surface area contributed by atoms with Crippen LogP contribution in [-0.4, -0.2) is 45.8 Å². The topological polar surface area (TPSA) is 72.4 Å². The molecule has 0 bridgehead atoms. The molecule has 1 saturated heterocycles. The molecule has 0 aliphatic carbocycles. The van der Waals surface area contributed by atoms with E-state index in [0.717, 1.165) is 24.8 Å². The molecule has 1 aliphatic heterocycles. The zero-order valence-electron chi connectivity index (χ0n) is 17.5. The summed E-state index contributed by atoms with van der Waals surface area (Å²) in [4.78, 5) is 36.6. The highest BCUT2D eigenvalue weighted by Crippen LogP contribution is 2.21. The fourth-order valence-electron chi connectivity index (χ4n) is 3.74. The fourth-order valence-corrected chi connectivity index (χ4v) is 3.74. The first-order valence-corrected chi connectivity index (χ1v) is 10.6. The van der Waals surface area contributed by atoms with Crippen LogP contribution in [0.15, 0.2) is 67.0 Å². The number of hydrogen-bond donors (Lipinski definition) is 0. The Balaban J connectivity index is 1.49. The maximum absolute atomic E-state index is 13.3. The Labute approximate surface area is 181 Å². The Morgan fingerprint density at radius 3 is 2.39 bits per heavy atom. The Bertz CT molecular complexity index is 1050. The van der Waals surface area contributed by atoms with Crippen molar-refractivity contribution in [1.82, 2.24) is 14.9 Å². The van der Waals surface area contributed by atoms with Crippen LogP contribution in [0.5, 0.6) is 6.01 Å². The summed E-state index contributed by atoms with van der Waals surface area (Å²) in [5, 5.41) is 0. The molecule has 2 heterocycles. The summed E-state index contributed by atoms with van der Waals surface area (Å²) in [7, 11) is 0. The molecular weight excluding hydrogens is 390 g/mol. The SMILES string of the molecule is CCc1cnc(OC2CCCN(C(=O)c3ccccc3C(=O)c3ccccc3)C2)nc1. The number of benzene rings is 2. The molecular formula is C25H25N3O3. The first kappa shape index (κ1) is 20.7. The average molecular weight is 415 g/mol. The summed E-state index contributed by atoms with van der Waals surface area (Å²) < 4.78 is 5.94. The first-order chi connectivity index (χ1) is 15.2. The number of aryl methyl sites for hydroxylation is 1. The summed E-state index contributed by atoms with van der Waals surface area (Å²) in [6, 6.07) is 16.4. The van der Waals surface area contributed by atoms with Gasteiger partial charge in [0.15, 0.2) is 5.78 Å². The number of piperidine rings is 1. The highest BCUT2D eigenvalue weighted by molar-refractivity contribution is 6.15. The zero-order valence-corrected chi connectivity index (χ0v) is 17.5. The molecule has 31 heavy (non-hydrogen) atoms. The van der Waals surface area contributed by atoms with Crippen molar-refractivity contribution in [1.29, 1.82) is 0 Å². The Kier molecular flexibility index (Phi) is 6.36. The maximum atomic E-state index is 13.3. The Morgan fingerprint density at radius 1 is 1.00 bits per heavy atom. The number of aromatic nitrogens is 2. The lowest BCUT2D eigenvalue weighted by Crippen LogP contribution is -2.44. The van der Waals surface area contributed by atoms with Crippen LogP contribution in [0.25, 0.3) is 0 Å². The van der Waals surface area contributed by atoms with Gasteiger partial charge in [-0.3, -0.25) is 9.59 Å². The number of ketones is 1. The molecule has 1 aliphatic rings. The van der Waals surface area contributed by atoms with Crippen LogP contribution in [-0.2, 0) is 6.42 Å². The van der Waals surface area contributed by atoms with Crippen LogP contribution < -0.4 is 4.74 Å². The van der Waals surface area contributed by atoms with Crippen molar-refractivity contribution >= 4 is 11.7 Å². The normalized spacial score (nSPS) is 16.0. The third kappa shape index (κ3) is 4.79. The molecule has 6 nitrogen and oxygen atoms in total. The minimum atomic E-state index is -0.179. The van der Waals surface area contributed by atoms with Gasteiger partial charge >= 0.3 is 6.01 Å². The highest BCUT2D eigenvalue weighted by atomic mass is 16.5. The molecule has 6 heteroatoms. The molecule has 1 amide bonds. The Morgan fingerprint density at radius 2 is 1.68 bits per heavy atom. The van der Waals surface area contributed by atoms with Crippen molar-refractivity contribution in [3.05, 3.63) is 89.2 Å². The van der Waals surface area contributed by atoms with E-state index in [1.54, 1.807) is 53.7 Å². The van der Waals surface area contributed by atoms with Crippen molar-refractivity contribution < 1.29 is 14.3 Å². The molecule has 4 rings (SSSR count). The van der Waals surface area contributed by atoms with Crippen LogP contribution in [0, 0.1) is 0 Å². The van der Waals surface area contributed by atoms with Gasteiger partial charge in [0.1, 0.15) is 6.10 Å². The van der Waals surface area contributed by atoms with E-state index < -0.39 is 0 Å². The number of amides is 1. The first-order valence-electron chi connectivity index (χ1n) is 10.6. The smallest absolute Gasteiger partial charge is 0.316 e. The molecule has 0 spiro atoms. The molecule has 3 aromatic rings. The van der Waals surface area contributed by atoms with Crippen molar-refractivity contribution in [2.75, 3.05) is 13.1 Å². The van der Waals surface area contributed by atoms with Crippen LogP contribution in [0.4, 0.5) is 0 Å². The van der Waals surface area contributed by atoms with Crippen molar-refractivity contribution in [2.45, 2.75) is 32.3 Å². The van der Waals surface area contributed by atoms with E-state index >= 15 is 0 Å². The van der Waals surface area contributed by atoms with Gasteiger partial charge in [0.25, 0.3) is 5.91 Å². The molecule has 2 aromatic carbocycles. The van der Waals surface area contributed by atoms with E-state index in [2.05, 4.69) is 9.97 Å². The quantitative estimate of drug-likeness (QED) is 0.570. The second-order valence-corrected chi connectivity index (χ2v) is 7.60.